The number of rotatable bonds is 4. The zero-order chi connectivity index (χ0) is 21.1. The van der Waals surface area contributed by atoms with E-state index in [4.69, 9.17) is 12.2 Å². The van der Waals surface area contributed by atoms with Gasteiger partial charge in [-0.2, -0.15) is 4.57 Å². The molecule has 1 heterocycles. The number of anilines is 1. The fourth-order valence-electron chi connectivity index (χ4n) is 3.32. The summed E-state index contributed by atoms with van der Waals surface area (Å²) in [6.07, 6.45) is 3.62. The van der Waals surface area contributed by atoms with Gasteiger partial charge in [0.25, 0.3) is 0 Å². The Balaban J connectivity index is 1.82. The second kappa shape index (κ2) is 8.43. The minimum Gasteiger partial charge on any atom is -0.867 e. The number of pyridine rings is 1. The van der Waals surface area contributed by atoms with Crippen molar-refractivity contribution >= 4 is 45.1 Å². The van der Waals surface area contributed by atoms with Gasteiger partial charge in [0.2, 0.25) is 5.70 Å². The van der Waals surface area contributed by atoms with Gasteiger partial charge in [-0.05, 0) is 47.9 Å². The largest absolute Gasteiger partial charge is 0.867 e. The Kier molecular flexibility index (Phi) is 5.55. The molecule has 0 fully saturated rings. The average Bonchev–Trinajstić information content (AvgIpc) is 2.75. The van der Waals surface area contributed by atoms with Crippen LogP contribution in [0.2, 0.25) is 0 Å². The maximum absolute atomic E-state index is 13.4. The number of nitrogens with zero attached hydrogens (tertiary/aromatic N) is 1. The van der Waals surface area contributed by atoms with E-state index in [0.717, 1.165) is 22.0 Å². The quantitative estimate of drug-likeness (QED) is 0.228. The van der Waals surface area contributed by atoms with E-state index in [2.05, 4.69) is 5.32 Å². The summed E-state index contributed by atoms with van der Waals surface area (Å²) in [7, 11) is 0. The van der Waals surface area contributed by atoms with Gasteiger partial charge in [-0.15, -0.1) is 0 Å². The minimum absolute atomic E-state index is 0.288. The zero-order valence-electron chi connectivity index (χ0n) is 16.3. The van der Waals surface area contributed by atoms with Crippen molar-refractivity contribution in [1.82, 2.24) is 0 Å². The Labute approximate surface area is 179 Å². The maximum Gasteiger partial charge on any atom is 0.238 e. The summed E-state index contributed by atoms with van der Waals surface area (Å²) in [6.45, 7) is 1.94. The van der Waals surface area contributed by atoms with Gasteiger partial charge in [0, 0.05) is 22.7 Å². The second-order valence-corrected chi connectivity index (χ2v) is 7.36. The van der Waals surface area contributed by atoms with E-state index >= 15 is 0 Å². The summed E-state index contributed by atoms with van der Waals surface area (Å²) < 4.78 is 15.1. The molecule has 0 atom stereocenters. The molecule has 3 nitrogen and oxygen atoms in total. The molecule has 30 heavy (non-hydrogen) atoms. The van der Waals surface area contributed by atoms with E-state index in [0.29, 0.717) is 11.3 Å². The monoisotopic (exact) mass is 414 g/mol. The molecule has 0 saturated carbocycles. The molecule has 3 aromatic carbocycles. The van der Waals surface area contributed by atoms with Crippen molar-refractivity contribution in [3.8, 4) is 0 Å². The van der Waals surface area contributed by atoms with E-state index in [-0.39, 0.29) is 10.7 Å². The van der Waals surface area contributed by atoms with E-state index in [1.54, 1.807) is 10.8 Å². The second-order valence-electron chi connectivity index (χ2n) is 6.95. The number of halogens is 1. The molecule has 0 spiro atoms. The van der Waals surface area contributed by atoms with E-state index in [1.165, 1.54) is 24.3 Å². The van der Waals surface area contributed by atoms with Crippen molar-refractivity contribution in [2.24, 2.45) is 0 Å². The number of aromatic nitrogens is 1. The van der Waals surface area contributed by atoms with Crippen LogP contribution in [0.1, 0.15) is 11.1 Å². The van der Waals surface area contributed by atoms with Gasteiger partial charge < -0.3 is 10.4 Å². The highest BCUT2D eigenvalue weighted by atomic mass is 32.1. The number of aryl methyl sites for hydroxylation is 1. The third-order valence-corrected chi connectivity index (χ3v) is 5.08. The molecular formula is C25H19FN2OS. The molecule has 0 radical (unpaired) electrons. The highest BCUT2D eigenvalue weighted by molar-refractivity contribution is 7.81. The Morgan fingerprint density at radius 2 is 1.67 bits per heavy atom. The van der Waals surface area contributed by atoms with Crippen LogP contribution in [0, 0.1) is 12.7 Å². The van der Waals surface area contributed by atoms with Crippen LogP contribution in [-0.2, 0) is 0 Å². The first kappa shape index (κ1) is 19.7. The van der Waals surface area contributed by atoms with Gasteiger partial charge in [0.1, 0.15) is 5.82 Å². The van der Waals surface area contributed by atoms with Crippen molar-refractivity contribution < 1.29 is 14.1 Å². The lowest BCUT2D eigenvalue weighted by Gasteiger charge is -2.17. The first-order valence-corrected chi connectivity index (χ1v) is 9.88. The summed E-state index contributed by atoms with van der Waals surface area (Å²) in [5, 5.41) is 18.7. The molecule has 1 aromatic heterocycles. The smallest absolute Gasteiger partial charge is 0.238 e. The Bertz CT molecular complexity index is 1260. The average molecular weight is 415 g/mol. The van der Waals surface area contributed by atoms with Crippen LogP contribution in [0.15, 0.2) is 91.3 Å². The van der Waals surface area contributed by atoms with Crippen LogP contribution in [0.3, 0.4) is 0 Å². The molecule has 0 aliphatic rings. The molecule has 0 aliphatic heterocycles. The SMILES string of the molecule is Cc1ccc[n+](C(C(=S)Nc2cccc3ccccc23)=C([O-])c2ccc(F)cc2)c1. The molecule has 4 rings (SSSR count). The van der Waals surface area contributed by atoms with Gasteiger partial charge in [-0.25, -0.2) is 4.39 Å². The van der Waals surface area contributed by atoms with Crippen LogP contribution >= 0.6 is 12.2 Å². The predicted octanol–water partition coefficient (Wildman–Crippen LogP) is 4.70. The third kappa shape index (κ3) is 4.07. The van der Waals surface area contributed by atoms with Crippen molar-refractivity contribution in [2.75, 3.05) is 5.32 Å². The molecule has 0 unspecified atom stereocenters. The number of nitrogens with one attached hydrogen (secondary N) is 1. The third-order valence-electron chi connectivity index (χ3n) is 4.78. The standard InChI is InChI=1S/C25H19FN2OS/c1-17-6-5-15-28(16-17)23(24(29)19-11-13-20(26)14-12-19)25(30)27-22-10-4-8-18-7-2-3-9-21(18)22/h2-16H,1H3,(H-,27,29,30). The van der Waals surface area contributed by atoms with Crippen LogP contribution in [0.25, 0.3) is 22.2 Å². The normalized spacial score (nSPS) is 11.8. The lowest BCUT2D eigenvalue weighted by molar-refractivity contribution is -0.578. The Morgan fingerprint density at radius 1 is 0.933 bits per heavy atom. The van der Waals surface area contributed by atoms with Crippen LogP contribution in [0.4, 0.5) is 10.1 Å². The topological polar surface area (TPSA) is 39.0 Å². The van der Waals surface area contributed by atoms with Crippen molar-refractivity contribution in [3.63, 3.8) is 0 Å². The molecule has 0 bridgehead atoms. The highest BCUT2D eigenvalue weighted by Gasteiger charge is 2.20. The van der Waals surface area contributed by atoms with E-state index in [9.17, 15) is 9.50 Å². The number of hydrogen-bond acceptors (Lipinski definition) is 2. The van der Waals surface area contributed by atoms with Gasteiger partial charge in [-0.1, -0.05) is 60.7 Å². The van der Waals surface area contributed by atoms with Crippen molar-refractivity contribution in [1.29, 1.82) is 0 Å². The van der Waals surface area contributed by atoms with E-state index < -0.39 is 5.82 Å². The van der Waals surface area contributed by atoms with E-state index in [1.807, 2.05) is 67.7 Å². The first-order valence-electron chi connectivity index (χ1n) is 9.47. The number of benzene rings is 3. The van der Waals surface area contributed by atoms with Crippen molar-refractivity contribution in [3.05, 3.63) is 108 Å². The first-order chi connectivity index (χ1) is 14.5. The van der Waals surface area contributed by atoms with Crippen molar-refractivity contribution in [2.45, 2.75) is 6.92 Å². The summed E-state index contributed by atoms with van der Waals surface area (Å²) in [5.41, 5.74) is 2.46. The molecule has 1 N–H and O–H groups in total. The lowest BCUT2D eigenvalue weighted by Crippen LogP contribution is -2.40. The summed E-state index contributed by atoms with van der Waals surface area (Å²) in [5.74, 6) is -0.684. The number of hydrogen-bond donors (Lipinski definition) is 1. The maximum atomic E-state index is 13.4. The Morgan fingerprint density at radius 3 is 2.43 bits per heavy atom. The molecule has 4 aromatic rings. The van der Waals surface area contributed by atoms with Gasteiger partial charge >= 0.3 is 0 Å². The lowest BCUT2D eigenvalue weighted by atomic mass is 10.1. The number of thiocarbonyl (C=S) groups is 1. The van der Waals surface area contributed by atoms with Crippen LogP contribution in [0.5, 0.6) is 0 Å². The van der Waals surface area contributed by atoms with Gasteiger partial charge in [0.15, 0.2) is 17.4 Å². The number of fused-ring (bicyclic) bond motifs is 1. The predicted molar refractivity (Wildman–Crippen MR) is 121 cm³/mol. The summed E-state index contributed by atoms with van der Waals surface area (Å²) in [4.78, 5) is 0.288. The Hall–Kier alpha value is -3.57. The van der Waals surface area contributed by atoms with Crippen LogP contribution in [-0.4, -0.2) is 4.99 Å². The van der Waals surface area contributed by atoms with Gasteiger partial charge in [-0.3, -0.25) is 0 Å². The molecule has 5 heteroatoms. The molecule has 0 amide bonds. The fraction of sp³-hybridized carbons (Fsp3) is 0.0400. The summed E-state index contributed by atoms with van der Waals surface area (Å²) in [6, 6.07) is 23.1. The van der Waals surface area contributed by atoms with Gasteiger partial charge in [0.05, 0.1) is 0 Å². The zero-order valence-corrected chi connectivity index (χ0v) is 17.1. The highest BCUT2D eigenvalue weighted by Crippen LogP contribution is 2.25. The minimum atomic E-state index is -0.396. The van der Waals surface area contributed by atoms with Crippen LogP contribution < -0.4 is 15.0 Å². The molecule has 148 valence electrons. The summed E-state index contributed by atoms with van der Waals surface area (Å²) >= 11 is 5.68. The molecular weight excluding hydrogens is 395 g/mol. The molecule has 0 saturated heterocycles. The molecule has 0 aliphatic carbocycles. The fourth-order valence-corrected chi connectivity index (χ4v) is 3.63.